The highest BCUT2D eigenvalue weighted by molar-refractivity contribution is 7.10. The maximum Gasteiger partial charge on any atom is 0.225 e. The van der Waals surface area contributed by atoms with Crippen LogP contribution in [0.25, 0.3) is 0 Å². The lowest BCUT2D eigenvalue weighted by atomic mass is 10.1. The minimum absolute atomic E-state index is 0.00577. The van der Waals surface area contributed by atoms with Crippen LogP contribution in [0.2, 0.25) is 10.0 Å². The van der Waals surface area contributed by atoms with Gasteiger partial charge in [-0.05, 0) is 36.1 Å². The third-order valence-electron chi connectivity index (χ3n) is 2.75. The van der Waals surface area contributed by atoms with Crippen LogP contribution in [-0.4, -0.2) is 5.91 Å². The van der Waals surface area contributed by atoms with Gasteiger partial charge >= 0.3 is 0 Å². The van der Waals surface area contributed by atoms with E-state index < -0.39 is 0 Å². The molecule has 0 fully saturated rings. The molecule has 1 atom stereocenters. The zero-order chi connectivity index (χ0) is 13.8. The summed E-state index contributed by atoms with van der Waals surface area (Å²) in [5.41, 5.74) is 0.668. The summed E-state index contributed by atoms with van der Waals surface area (Å²) in [6.45, 7) is 1.96. The Morgan fingerprint density at radius 3 is 2.53 bits per heavy atom. The zero-order valence-electron chi connectivity index (χ0n) is 10.3. The van der Waals surface area contributed by atoms with Crippen LogP contribution < -0.4 is 5.32 Å². The summed E-state index contributed by atoms with van der Waals surface area (Å²) in [5, 5.41) is 5.97. The fourth-order valence-electron chi connectivity index (χ4n) is 1.76. The molecule has 0 aliphatic heterocycles. The van der Waals surface area contributed by atoms with Gasteiger partial charge in [-0.15, -0.1) is 11.3 Å². The lowest BCUT2D eigenvalue weighted by Crippen LogP contribution is -2.27. The molecule has 1 heterocycles. The lowest BCUT2D eigenvalue weighted by Gasteiger charge is -2.13. The molecule has 1 N–H and O–H groups in total. The summed E-state index contributed by atoms with van der Waals surface area (Å²) >= 11 is 13.7. The molecule has 0 radical (unpaired) electrons. The number of hydrogen-bond donors (Lipinski definition) is 1. The van der Waals surface area contributed by atoms with Crippen LogP contribution in [0.4, 0.5) is 0 Å². The smallest absolute Gasteiger partial charge is 0.225 e. The minimum atomic E-state index is -0.0871. The van der Waals surface area contributed by atoms with Gasteiger partial charge in [-0.2, -0.15) is 0 Å². The van der Waals surface area contributed by atoms with E-state index in [9.17, 15) is 4.79 Å². The Morgan fingerprint density at radius 1 is 1.26 bits per heavy atom. The maximum atomic E-state index is 12.0. The second-order valence-electron chi connectivity index (χ2n) is 4.18. The van der Waals surface area contributed by atoms with Crippen molar-refractivity contribution >= 4 is 40.4 Å². The molecule has 1 amide bonds. The van der Waals surface area contributed by atoms with E-state index in [-0.39, 0.29) is 18.4 Å². The zero-order valence-corrected chi connectivity index (χ0v) is 12.6. The molecule has 0 spiro atoms. The van der Waals surface area contributed by atoms with Crippen molar-refractivity contribution in [1.29, 1.82) is 0 Å². The van der Waals surface area contributed by atoms with Gasteiger partial charge in [0, 0.05) is 14.9 Å². The number of amides is 1. The lowest BCUT2D eigenvalue weighted by molar-refractivity contribution is -0.121. The molecule has 0 unspecified atom stereocenters. The standard InChI is InChI=1S/C14H13Cl2NOS/c1-9(13-6-3-7-19-13)17-14(18)8-10-11(15)4-2-5-12(10)16/h2-7,9H,8H2,1H3,(H,17,18)/t9-/m1/s1. The van der Waals surface area contributed by atoms with Gasteiger partial charge in [0.2, 0.25) is 5.91 Å². The van der Waals surface area contributed by atoms with Gasteiger partial charge in [0.15, 0.2) is 0 Å². The molecule has 1 aromatic carbocycles. The molecule has 1 aromatic heterocycles. The summed E-state index contributed by atoms with van der Waals surface area (Å²) < 4.78 is 0. The molecular formula is C14H13Cl2NOS. The van der Waals surface area contributed by atoms with Crippen molar-refractivity contribution in [3.63, 3.8) is 0 Å². The third-order valence-corrected chi connectivity index (χ3v) is 4.51. The normalized spacial score (nSPS) is 12.2. The van der Waals surface area contributed by atoms with Crippen LogP contribution in [0.1, 0.15) is 23.4 Å². The summed E-state index contributed by atoms with van der Waals surface area (Å²) in [6, 6.07) is 9.19. The van der Waals surface area contributed by atoms with Crippen molar-refractivity contribution in [2.24, 2.45) is 0 Å². The number of benzene rings is 1. The van der Waals surface area contributed by atoms with E-state index in [1.54, 1.807) is 29.5 Å². The highest BCUT2D eigenvalue weighted by atomic mass is 35.5. The molecule has 0 saturated carbocycles. The third kappa shape index (κ3) is 3.72. The maximum absolute atomic E-state index is 12.0. The number of carbonyl (C=O) groups is 1. The molecule has 5 heteroatoms. The first kappa shape index (κ1) is 14.4. The van der Waals surface area contributed by atoms with Crippen LogP contribution in [0.15, 0.2) is 35.7 Å². The predicted octanol–water partition coefficient (Wildman–Crippen LogP) is 4.47. The van der Waals surface area contributed by atoms with Gasteiger partial charge in [0.25, 0.3) is 0 Å². The average molecular weight is 314 g/mol. The first-order valence-electron chi connectivity index (χ1n) is 5.83. The second kappa shape index (κ2) is 6.42. The van der Waals surface area contributed by atoms with Crippen LogP contribution in [0.3, 0.4) is 0 Å². The Hall–Kier alpha value is -1.03. The summed E-state index contributed by atoms with van der Waals surface area (Å²) in [5.74, 6) is -0.0871. The van der Waals surface area contributed by atoms with Crippen LogP contribution in [0, 0.1) is 0 Å². The van der Waals surface area contributed by atoms with Crippen LogP contribution in [0.5, 0.6) is 0 Å². The Labute approximate surface area is 126 Å². The molecule has 0 saturated heterocycles. The van der Waals surface area contributed by atoms with Crippen molar-refractivity contribution in [3.05, 3.63) is 56.2 Å². The van der Waals surface area contributed by atoms with E-state index in [4.69, 9.17) is 23.2 Å². The van der Waals surface area contributed by atoms with Crippen molar-refractivity contribution < 1.29 is 4.79 Å². The van der Waals surface area contributed by atoms with Gasteiger partial charge in [0.05, 0.1) is 12.5 Å². The average Bonchev–Trinajstić information content (AvgIpc) is 2.88. The fourth-order valence-corrected chi connectivity index (χ4v) is 3.03. The Kier molecular flexibility index (Phi) is 4.86. The molecular weight excluding hydrogens is 301 g/mol. The van der Waals surface area contributed by atoms with Crippen LogP contribution in [-0.2, 0) is 11.2 Å². The fraction of sp³-hybridized carbons (Fsp3) is 0.214. The van der Waals surface area contributed by atoms with Crippen molar-refractivity contribution in [2.45, 2.75) is 19.4 Å². The first-order chi connectivity index (χ1) is 9.08. The van der Waals surface area contributed by atoms with E-state index in [1.165, 1.54) is 0 Å². The SMILES string of the molecule is C[C@@H](NC(=O)Cc1c(Cl)cccc1Cl)c1cccs1. The molecule has 0 aliphatic rings. The highest BCUT2D eigenvalue weighted by Gasteiger charge is 2.14. The Balaban J connectivity index is 2.02. The van der Waals surface area contributed by atoms with E-state index >= 15 is 0 Å². The number of thiophene rings is 1. The second-order valence-corrected chi connectivity index (χ2v) is 5.98. The molecule has 0 aliphatic carbocycles. The topological polar surface area (TPSA) is 29.1 Å². The molecule has 2 rings (SSSR count). The highest BCUT2D eigenvalue weighted by Crippen LogP contribution is 2.25. The number of carbonyl (C=O) groups excluding carboxylic acids is 1. The first-order valence-corrected chi connectivity index (χ1v) is 7.47. The Bertz CT molecular complexity index is 549. The van der Waals surface area contributed by atoms with Gasteiger partial charge in [-0.1, -0.05) is 35.3 Å². The number of nitrogens with one attached hydrogen (secondary N) is 1. The van der Waals surface area contributed by atoms with Crippen LogP contribution >= 0.6 is 34.5 Å². The molecule has 2 nitrogen and oxygen atoms in total. The molecule has 0 bridgehead atoms. The van der Waals surface area contributed by atoms with Gasteiger partial charge in [-0.25, -0.2) is 0 Å². The number of hydrogen-bond acceptors (Lipinski definition) is 2. The van der Waals surface area contributed by atoms with E-state index in [0.717, 1.165) is 4.88 Å². The Morgan fingerprint density at radius 2 is 1.95 bits per heavy atom. The summed E-state index contributed by atoms with van der Waals surface area (Å²) in [6.07, 6.45) is 0.189. The molecule has 19 heavy (non-hydrogen) atoms. The number of rotatable bonds is 4. The van der Waals surface area contributed by atoms with Gasteiger partial charge in [0.1, 0.15) is 0 Å². The predicted molar refractivity (Wildman–Crippen MR) is 81.0 cm³/mol. The van der Waals surface area contributed by atoms with E-state index in [2.05, 4.69) is 5.32 Å². The summed E-state index contributed by atoms with van der Waals surface area (Å²) in [4.78, 5) is 13.1. The molecule has 100 valence electrons. The van der Waals surface area contributed by atoms with Gasteiger partial charge in [-0.3, -0.25) is 4.79 Å². The monoisotopic (exact) mass is 313 g/mol. The van der Waals surface area contributed by atoms with E-state index in [0.29, 0.717) is 15.6 Å². The largest absolute Gasteiger partial charge is 0.348 e. The summed E-state index contributed by atoms with van der Waals surface area (Å²) in [7, 11) is 0. The minimum Gasteiger partial charge on any atom is -0.348 e. The quantitative estimate of drug-likeness (QED) is 0.886. The van der Waals surface area contributed by atoms with E-state index in [1.807, 2.05) is 24.4 Å². The van der Waals surface area contributed by atoms with Gasteiger partial charge < -0.3 is 5.32 Å². The van der Waals surface area contributed by atoms with Crippen molar-refractivity contribution in [3.8, 4) is 0 Å². The molecule has 2 aromatic rings. The van der Waals surface area contributed by atoms with Crippen molar-refractivity contribution in [2.75, 3.05) is 0 Å². The van der Waals surface area contributed by atoms with Crippen molar-refractivity contribution in [1.82, 2.24) is 5.32 Å². The number of halogens is 2.